The lowest BCUT2D eigenvalue weighted by Crippen LogP contribution is -2.36. The molecular formula is C46H56Cl2N8O2Si. The fourth-order valence-corrected chi connectivity index (χ4v) is 9.97. The maximum atomic E-state index is 7.24. The van der Waals surface area contributed by atoms with Crippen LogP contribution in [-0.2, 0) is 38.5 Å². The van der Waals surface area contributed by atoms with Gasteiger partial charge in [0.1, 0.15) is 18.8 Å². The Labute approximate surface area is 358 Å². The Kier molecular flexibility index (Phi) is 11.3. The summed E-state index contributed by atoms with van der Waals surface area (Å²) in [7, 11) is 2.68. The molecule has 1 aliphatic heterocycles. The quantitative estimate of drug-likeness (QED) is 0.0849. The first kappa shape index (κ1) is 41.2. The minimum Gasteiger partial charge on any atom is -0.494 e. The molecule has 0 amide bonds. The minimum absolute atomic E-state index is 0.132. The minimum atomic E-state index is -1.23. The van der Waals surface area contributed by atoms with Gasteiger partial charge in [-0.15, -0.1) is 0 Å². The molecule has 1 atom stereocenters. The smallest absolute Gasteiger partial charge is 0.181 e. The van der Waals surface area contributed by atoms with E-state index in [9.17, 15) is 0 Å². The van der Waals surface area contributed by atoms with Crippen molar-refractivity contribution < 1.29 is 9.47 Å². The highest BCUT2D eigenvalue weighted by molar-refractivity contribution is 6.76. The molecule has 4 aromatic heterocycles. The fraction of sp³-hybridized carbons (Fsp3) is 0.413. The molecule has 5 heterocycles. The summed E-state index contributed by atoms with van der Waals surface area (Å²) in [6, 6.07) is 16.2. The zero-order chi connectivity index (χ0) is 41.9. The Bertz CT molecular complexity index is 2680. The van der Waals surface area contributed by atoms with Crippen molar-refractivity contribution in [2.45, 2.75) is 92.5 Å². The van der Waals surface area contributed by atoms with Crippen molar-refractivity contribution in [3.63, 3.8) is 0 Å². The van der Waals surface area contributed by atoms with Crippen LogP contribution < -0.4 is 9.64 Å². The van der Waals surface area contributed by atoms with E-state index in [2.05, 4.69) is 101 Å². The predicted molar refractivity (Wildman–Crippen MR) is 245 cm³/mol. The van der Waals surface area contributed by atoms with E-state index in [1.54, 1.807) is 11.0 Å². The standard InChI is InChI=1S/C46H56Cl2N8O2Si/c1-28-20-34(21-29(2)44(28)48)58-17-11-12-35-36-14-15-38(47)43(42-31(4)50-53(7)32(42)5)45(36)56-30(3)23-54(25-41(35)56)40-24-55(27-57-18-19-59(8,9)10)39-16-13-33(22-37(39)40)46-49-26-52(6)51-46/h13-16,20-22,24,26,30H,11-12,17-19,23,25,27H2,1-10H3/t30-/m1/s1. The number of hydrogen-bond acceptors (Lipinski definition) is 6. The fourth-order valence-electron chi connectivity index (χ4n) is 8.85. The monoisotopic (exact) mass is 850 g/mol. The average Bonchev–Trinajstić information content (AvgIpc) is 3.92. The van der Waals surface area contributed by atoms with Crippen LogP contribution in [0.4, 0.5) is 5.69 Å². The molecule has 0 saturated carbocycles. The number of rotatable bonds is 13. The third-order valence-electron chi connectivity index (χ3n) is 11.9. The first-order chi connectivity index (χ1) is 28.1. The SMILES string of the molecule is Cc1cc(OCCCc2c3n(c4c(-c5c(C)nn(C)c5C)c(Cl)ccc24)[C@H](C)CN(c2cn(COCC[Si](C)(C)C)c4ccc(-c5ncn(C)n5)cc24)C3)cc(C)c1Cl. The summed E-state index contributed by atoms with van der Waals surface area (Å²) < 4.78 is 21.3. The van der Waals surface area contributed by atoms with Crippen LogP contribution in [0.1, 0.15) is 53.2 Å². The van der Waals surface area contributed by atoms with Crippen LogP contribution in [0.3, 0.4) is 0 Å². The van der Waals surface area contributed by atoms with Gasteiger partial charge in [0.05, 0.1) is 40.6 Å². The molecule has 59 heavy (non-hydrogen) atoms. The van der Waals surface area contributed by atoms with Crippen molar-refractivity contribution in [3.05, 3.63) is 98.8 Å². The zero-order valence-electron chi connectivity index (χ0n) is 36.1. The number of benzene rings is 3. The molecule has 1 aliphatic rings. The molecule has 0 bridgehead atoms. The molecule has 0 radical (unpaired) electrons. The van der Waals surface area contributed by atoms with Gasteiger partial charge in [-0.25, -0.2) is 4.98 Å². The molecule has 10 nitrogen and oxygen atoms in total. The number of aromatic nitrogens is 7. The average molecular weight is 852 g/mol. The molecule has 3 aromatic carbocycles. The van der Waals surface area contributed by atoms with Crippen molar-refractivity contribution in [2.24, 2.45) is 14.1 Å². The molecule has 13 heteroatoms. The van der Waals surface area contributed by atoms with Crippen molar-refractivity contribution in [3.8, 4) is 28.3 Å². The summed E-state index contributed by atoms with van der Waals surface area (Å²) in [5.41, 5.74) is 13.4. The van der Waals surface area contributed by atoms with Crippen LogP contribution in [0, 0.1) is 27.7 Å². The van der Waals surface area contributed by atoms with Crippen molar-refractivity contribution in [1.82, 2.24) is 33.7 Å². The Morgan fingerprint density at radius 3 is 2.34 bits per heavy atom. The van der Waals surface area contributed by atoms with Gasteiger partial charge in [-0.2, -0.15) is 10.2 Å². The van der Waals surface area contributed by atoms with E-state index < -0.39 is 8.07 Å². The van der Waals surface area contributed by atoms with E-state index in [0.29, 0.717) is 19.2 Å². The molecule has 310 valence electrons. The van der Waals surface area contributed by atoms with Gasteiger partial charge >= 0.3 is 0 Å². The third-order valence-corrected chi connectivity index (χ3v) is 14.5. The summed E-state index contributed by atoms with van der Waals surface area (Å²) in [6.07, 6.45) is 5.73. The second kappa shape index (κ2) is 16.1. The van der Waals surface area contributed by atoms with E-state index in [4.69, 9.17) is 37.8 Å². The highest BCUT2D eigenvalue weighted by Crippen LogP contribution is 2.46. The van der Waals surface area contributed by atoms with Gasteiger partial charge < -0.3 is 23.5 Å². The molecule has 0 unspecified atom stereocenters. The number of hydrogen-bond donors (Lipinski definition) is 0. The summed E-state index contributed by atoms with van der Waals surface area (Å²) in [5.74, 6) is 1.57. The van der Waals surface area contributed by atoms with E-state index in [1.807, 2.05) is 44.8 Å². The summed E-state index contributed by atoms with van der Waals surface area (Å²) in [6.45, 7) is 21.2. The number of halogens is 2. The van der Waals surface area contributed by atoms with Gasteiger partial charge in [0.2, 0.25) is 0 Å². The van der Waals surface area contributed by atoms with Gasteiger partial charge in [-0.1, -0.05) is 48.9 Å². The van der Waals surface area contributed by atoms with E-state index in [1.165, 1.54) is 27.8 Å². The molecule has 0 N–H and O–H groups in total. The Hall–Kier alpha value is -4.55. The maximum Gasteiger partial charge on any atom is 0.181 e. The van der Waals surface area contributed by atoms with Gasteiger partial charge in [0.25, 0.3) is 0 Å². The van der Waals surface area contributed by atoms with Gasteiger partial charge in [-0.05, 0) is 107 Å². The van der Waals surface area contributed by atoms with Gasteiger partial charge in [0.15, 0.2) is 5.82 Å². The Morgan fingerprint density at radius 2 is 1.66 bits per heavy atom. The van der Waals surface area contributed by atoms with Crippen LogP contribution in [0.2, 0.25) is 35.7 Å². The number of anilines is 1. The normalized spacial score (nSPS) is 14.6. The molecule has 0 fully saturated rings. The molecule has 0 spiro atoms. The van der Waals surface area contributed by atoms with Crippen molar-refractivity contribution in [1.29, 1.82) is 0 Å². The second-order valence-corrected chi connectivity index (χ2v) is 24.0. The van der Waals surface area contributed by atoms with Gasteiger partial charge in [-0.3, -0.25) is 9.36 Å². The summed E-state index contributed by atoms with van der Waals surface area (Å²) in [4.78, 5) is 7.15. The lowest BCUT2D eigenvalue weighted by molar-refractivity contribution is 0.0903. The van der Waals surface area contributed by atoms with Crippen LogP contribution in [0.15, 0.2) is 55.0 Å². The van der Waals surface area contributed by atoms with Crippen LogP contribution in [-0.4, -0.2) is 61.5 Å². The highest BCUT2D eigenvalue weighted by atomic mass is 35.5. The second-order valence-electron chi connectivity index (χ2n) is 17.6. The predicted octanol–water partition coefficient (Wildman–Crippen LogP) is 11.2. The first-order valence-electron chi connectivity index (χ1n) is 20.7. The summed E-state index contributed by atoms with van der Waals surface area (Å²) in [5, 5.41) is 13.4. The molecule has 8 rings (SSSR count). The van der Waals surface area contributed by atoms with E-state index >= 15 is 0 Å². The van der Waals surface area contributed by atoms with Crippen LogP contribution in [0.5, 0.6) is 5.75 Å². The molecule has 0 aliphatic carbocycles. The molecule has 0 saturated heterocycles. The lowest BCUT2D eigenvalue weighted by Gasteiger charge is -2.36. The van der Waals surface area contributed by atoms with Gasteiger partial charge in [0, 0.05) is 91.4 Å². The van der Waals surface area contributed by atoms with E-state index in [-0.39, 0.29) is 6.04 Å². The number of ether oxygens (including phenoxy) is 2. The molecular weight excluding hydrogens is 796 g/mol. The highest BCUT2D eigenvalue weighted by Gasteiger charge is 2.32. The Morgan fingerprint density at radius 1 is 0.898 bits per heavy atom. The lowest BCUT2D eigenvalue weighted by atomic mass is 9.98. The largest absolute Gasteiger partial charge is 0.494 e. The molecule has 7 aromatic rings. The van der Waals surface area contributed by atoms with Crippen molar-refractivity contribution >= 4 is 58.8 Å². The first-order valence-corrected chi connectivity index (χ1v) is 25.1. The third kappa shape index (κ3) is 7.94. The van der Waals surface area contributed by atoms with Crippen molar-refractivity contribution in [2.75, 3.05) is 24.7 Å². The van der Waals surface area contributed by atoms with Crippen LogP contribution >= 0.6 is 23.2 Å². The van der Waals surface area contributed by atoms with Crippen LogP contribution in [0.25, 0.3) is 44.3 Å². The zero-order valence-corrected chi connectivity index (χ0v) is 38.6. The Balaban J connectivity index is 1.22. The number of nitrogens with zero attached hydrogens (tertiary/aromatic N) is 8. The van der Waals surface area contributed by atoms with E-state index in [0.717, 1.165) is 104 Å². The topological polar surface area (TPSA) is 80.1 Å². The summed E-state index contributed by atoms with van der Waals surface area (Å²) >= 11 is 13.7. The number of fused-ring (bicyclic) bond motifs is 4. The maximum absolute atomic E-state index is 7.24. The number of aryl methyl sites for hydroxylation is 6.